The molecule has 2 bridgehead atoms. The minimum Gasteiger partial charge on any atom is -0.333 e. The van der Waals surface area contributed by atoms with Crippen molar-refractivity contribution in [3.63, 3.8) is 0 Å². The van der Waals surface area contributed by atoms with Crippen LogP contribution in [0.5, 0.6) is 0 Å². The van der Waals surface area contributed by atoms with Crippen LogP contribution in [-0.2, 0) is 42.7 Å². The summed E-state index contributed by atoms with van der Waals surface area (Å²) >= 11 is 0.997. The fourth-order valence-corrected chi connectivity index (χ4v) is 9.75. The number of Topliss-reactive ketones (excluding diaryl/α,β-unsaturated/α-hetero) is 1. The van der Waals surface area contributed by atoms with Crippen molar-refractivity contribution in [1.29, 1.82) is 0 Å². The van der Waals surface area contributed by atoms with E-state index in [4.69, 9.17) is 0 Å². The Balaban J connectivity index is 1.37. The van der Waals surface area contributed by atoms with E-state index < -0.39 is 55.5 Å². The van der Waals surface area contributed by atoms with Crippen molar-refractivity contribution in [3.05, 3.63) is 46.3 Å². The summed E-state index contributed by atoms with van der Waals surface area (Å²) in [5.74, 6) is -5.31. The van der Waals surface area contributed by atoms with E-state index in [-0.39, 0.29) is 52.0 Å². The van der Waals surface area contributed by atoms with Crippen molar-refractivity contribution in [2.24, 2.45) is 28.1 Å². The van der Waals surface area contributed by atoms with Crippen LogP contribution in [0, 0.1) is 35.3 Å². The van der Waals surface area contributed by atoms with Gasteiger partial charge in [-0.1, -0.05) is 6.07 Å². The Hall–Kier alpha value is -2.75. The molecule has 0 radical (unpaired) electrons. The predicted octanol–water partition coefficient (Wildman–Crippen LogP) is 2.62. The third-order valence-electron chi connectivity index (χ3n) is 8.35. The SMILES string of the molecule is CS(=O)(=O)NCc1csc2c1S(=O)(=O)N=C(C1C(=O)C3C4CCC(CC4)C3N(Cc3ccc(F)c(F)c3)C1=O)N2. The second-order valence-electron chi connectivity index (χ2n) is 10.8. The molecular weight excluding hydrogens is 586 g/mol. The number of hydrogen-bond donors (Lipinski definition) is 2. The first-order valence-corrected chi connectivity index (χ1v) is 17.0. The number of piperidine rings is 1. The molecule has 214 valence electrons. The third kappa shape index (κ3) is 4.65. The lowest BCUT2D eigenvalue weighted by atomic mass is 9.57. The van der Waals surface area contributed by atoms with Gasteiger partial charge in [-0.15, -0.1) is 15.7 Å². The topological polar surface area (TPSA) is 142 Å². The van der Waals surface area contributed by atoms with Crippen LogP contribution in [0.4, 0.5) is 13.8 Å². The Morgan fingerprint density at radius 1 is 1.12 bits per heavy atom. The van der Waals surface area contributed by atoms with E-state index in [1.165, 1.54) is 16.3 Å². The molecule has 1 amide bonds. The molecule has 2 N–H and O–H groups in total. The maximum atomic E-state index is 14.0. The summed E-state index contributed by atoms with van der Waals surface area (Å²) < 4.78 is 83.4. The van der Waals surface area contributed by atoms with Crippen LogP contribution in [0.1, 0.15) is 36.8 Å². The molecule has 3 unspecified atom stereocenters. The highest BCUT2D eigenvalue weighted by Gasteiger charge is 2.58. The van der Waals surface area contributed by atoms with Gasteiger partial charge in [0.15, 0.2) is 23.3 Å². The number of rotatable bonds is 6. The first-order valence-electron chi connectivity index (χ1n) is 12.8. The molecule has 15 heteroatoms. The Morgan fingerprint density at radius 2 is 1.82 bits per heavy atom. The van der Waals surface area contributed by atoms with Gasteiger partial charge < -0.3 is 10.2 Å². The number of sulfonamides is 2. The number of amidine groups is 1. The average molecular weight is 613 g/mol. The lowest BCUT2D eigenvalue weighted by molar-refractivity contribution is -0.162. The van der Waals surface area contributed by atoms with Gasteiger partial charge in [-0.3, -0.25) is 9.59 Å². The molecule has 0 spiro atoms. The first-order chi connectivity index (χ1) is 18.8. The summed E-state index contributed by atoms with van der Waals surface area (Å²) in [4.78, 5) is 29.3. The number of likely N-dealkylation sites (tertiary alicyclic amines) is 1. The second-order valence-corrected chi connectivity index (χ2v) is 15.1. The number of fused-ring (bicyclic) bond motifs is 3. The molecule has 1 aromatic carbocycles. The van der Waals surface area contributed by atoms with Gasteiger partial charge in [-0.25, -0.2) is 21.9 Å². The van der Waals surface area contributed by atoms with E-state index >= 15 is 0 Å². The van der Waals surface area contributed by atoms with Crippen molar-refractivity contribution in [1.82, 2.24) is 9.62 Å². The number of ketones is 1. The number of nitrogens with one attached hydrogen (secondary N) is 2. The van der Waals surface area contributed by atoms with E-state index in [0.717, 1.165) is 55.4 Å². The van der Waals surface area contributed by atoms with E-state index in [9.17, 15) is 35.2 Å². The number of carbonyl (C=O) groups is 2. The molecule has 2 aromatic rings. The van der Waals surface area contributed by atoms with Gasteiger partial charge in [0.2, 0.25) is 15.9 Å². The number of carbonyl (C=O) groups excluding carboxylic acids is 2. The van der Waals surface area contributed by atoms with Gasteiger partial charge in [0, 0.05) is 30.6 Å². The summed E-state index contributed by atoms with van der Waals surface area (Å²) in [5, 5.41) is 4.48. The fourth-order valence-electron chi connectivity index (χ4n) is 6.69. The largest absolute Gasteiger partial charge is 0.333 e. The molecule has 3 heterocycles. The highest BCUT2D eigenvalue weighted by atomic mass is 32.2. The number of thiophene rings is 1. The van der Waals surface area contributed by atoms with Gasteiger partial charge in [0.1, 0.15) is 15.7 Å². The van der Waals surface area contributed by atoms with E-state index in [1.54, 1.807) is 0 Å². The van der Waals surface area contributed by atoms with Crippen molar-refractivity contribution < 1.29 is 35.2 Å². The number of hydrogen-bond acceptors (Lipinski definition) is 8. The molecule has 3 atom stereocenters. The van der Waals surface area contributed by atoms with Gasteiger partial charge in [-0.05, 0) is 60.6 Å². The van der Waals surface area contributed by atoms with Gasteiger partial charge in [-0.2, -0.15) is 8.42 Å². The molecule has 40 heavy (non-hydrogen) atoms. The zero-order valence-electron chi connectivity index (χ0n) is 21.3. The lowest BCUT2D eigenvalue weighted by Gasteiger charge is -2.55. The molecule has 7 rings (SSSR count). The highest BCUT2D eigenvalue weighted by Crippen LogP contribution is 2.51. The van der Waals surface area contributed by atoms with Gasteiger partial charge in [0.05, 0.1) is 6.26 Å². The second kappa shape index (κ2) is 9.67. The third-order valence-corrected chi connectivity index (χ3v) is 11.5. The summed E-state index contributed by atoms with van der Waals surface area (Å²) in [6.07, 6.45) is 4.29. The minimum absolute atomic E-state index is 0.0253. The average Bonchev–Trinajstić information content (AvgIpc) is 3.31. The van der Waals surface area contributed by atoms with Crippen molar-refractivity contribution in [3.8, 4) is 0 Å². The Labute approximate surface area is 234 Å². The lowest BCUT2D eigenvalue weighted by Crippen LogP contribution is -2.66. The van der Waals surface area contributed by atoms with E-state index in [2.05, 4.69) is 14.4 Å². The number of anilines is 1. The van der Waals surface area contributed by atoms with E-state index in [1.807, 2.05) is 0 Å². The zero-order chi connectivity index (χ0) is 28.6. The number of benzene rings is 1. The number of nitrogens with zero attached hydrogens (tertiary/aromatic N) is 2. The Kier molecular flexibility index (Phi) is 6.63. The number of amides is 1. The maximum absolute atomic E-state index is 14.0. The predicted molar refractivity (Wildman–Crippen MR) is 142 cm³/mol. The molecule has 3 saturated carbocycles. The Morgan fingerprint density at radius 3 is 2.50 bits per heavy atom. The summed E-state index contributed by atoms with van der Waals surface area (Å²) in [6, 6.07) is 2.98. The summed E-state index contributed by atoms with van der Waals surface area (Å²) in [7, 11) is -7.98. The van der Waals surface area contributed by atoms with Crippen LogP contribution in [0.3, 0.4) is 0 Å². The van der Waals surface area contributed by atoms with Crippen LogP contribution in [0.15, 0.2) is 32.9 Å². The van der Waals surface area contributed by atoms with Crippen LogP contribution in [0.25, 0.3) is 0 Å². The van der Waals surface area contributed by atoms with Gasteiger partial charge in [0.25, 0.3) is 10.0 Å². The molecule has 10 nitrogen and oxygen atoms in total. The molecule has 1 aromatic heterocycles. The van der Waals surface area contributed by atoms with E-state index in [0.29, 0.717) is 5.56 Å². The van der Waals surface area contributed by atoms with Crippen LogP contribution in [-0.4, -0.2) is 51.6 Å². The number of halogens is 2. The minimum atomic E-state index is -4.38. The highest BCUT2D eigenvalue weighted by molar-refractivity contribution is 7.91. The van der Waals surface area contributed by atoms with Gasteiger partial charge >= 0.3 is 0 Å². The zero-order valence-corrected chi connectivity index (χ0v) is 23.7. The molecule has 5 aliphatic rings. The molecule has 3 aliphatic carbocycles. The normalized spacial score (nSPS) is 29.0. The summed E-state index contributed by atoms with van der Waals surface area (Å²) in [5.41, 5.74) is 0.543. The van der Waals surface area contributed by atoms with Crippen molar-refractivity contribution in [2.45, 2.75) is 49.7 Å². The van der Waals surface area contributed by atoms with Crippen LogP contribution >= 0.6 is 11.3 Å². The summed E-state index contributed by atoms with van der Waals surface area (Å²) in [6.45, 7) is -0.331. The quantitative estimate of drug-likeness (QED) is 0.478. The maximum Gasteiger partial charge on any atom is 0.287 e. The first kappa shape index (κ1) is 27.4. The molecule has 1 saturated heterocycles. The molecular formula is C25H26F2N4O6S3. The van der Waals surface area contributed by atoms with Crippen LogP contribution in [0.2, 0.25) is 0 Å². The fraction of sp³-hybridized carbons (Fsp3) is 0.480. The van der Waals surface area contributed by atoms with Crippen molar-refractivity contribution in [2.75, 3.05) is 11.6 Å². The Bertz CT molecular complexity index is 1660. The van der Waals surface area contributed by atoms with Crippen molar-refractivity contribution >= 4 is 53.9 Å². The van der Waals surface area contributed by atoms with Crippen LogP contribution < -0.4 is 10.0 Å². The standard InChI is InChI=1S/C25H26F2N4O6S3/c1-39(34,35)28-9-15-11-38-24-22(15)40(36,37)30-23(29-24)19-21(32)18-13-3-5-14(6-4-13)20(18)31(25(19)33)10-12-2-7-16(26)17(27)8-12/h2,7-8,11,13-14,18-20,28H,3-6,9-10H2,1H3,(H,29,30). The smallest absolute Gasteiger partial charge is 0.287 e. The molecule has 2 aliphatic heterocycles. The monoisotopic (exact) mass is 612 g/mol. The molecule has 4 fully saturated rings.